The predicted octanol–water partition coefficient (Wildman–Crippen LogP) is 4.23. The number of fused-ring (bicyclic) bond motifs is 1. The Kier molecular flexibility index (Phi) is 3.69. The van der Waals surface area contributed by atoms with Gasteiger partial charge in [0.2, 0.25) is 0 Å². The van der Waals surface area contributed by atoms with E-state index in [2.05, 4.69) is 36.5 Å². The SMILES string of the molecule is CC1CCCC1NC1CCCCc2ccccc21. The first-order valence-electron chi connectivity index (χ1n) is 7.68. The molecule has 1 N–H and O–H groups in total. The maximum Gasteiger partial charge on any atom is 0.0325 e. The molecule has 3 unspecified atom stereocenters. The fourth-order valence-electron chi connectivity index (χ4n) is 3.75. The number of hydrogen-bond donors (Lipinski definition) is 1. The normalized spacial score (nSPS) is 31.9. The summed E-state index contributed by atoms with van der Waals surface area (Å²) in [5.74, 6) is 0.861. The second-order valence-electron chi connectivity index (χ2n) is 6.18. The molecule has 1 heteroatoms. The smallest absolute Gasteiger partial charge is 0.0325 e. The van der Waals surface area contributed by atoms with Gasteiger partial charge in [-0.3, -0.25) is 0 Å². The molecule has 1 fully saturated rings. The molecule has 1 saturated carbocycles. The van der Waals surface area contributed by atoms with Gasteiger partial charge < -0.3 is 5.32 Å². The summed E-state index contributed by atoms with van der Waals surface area (Å²) in [6.07, 6.45) is 9.51. The monoisotopic (exact) mass is 243 g/mol. The van der Waals surface area contributed by atoms with Crippen LogP contribution in [0.3, 0.4) is 0 Å². The van der Waals surface area contributed by atoms with Crippen molar-refractivity contribution in [3.05, 3.63) is 35.4 Å². The lowest BCUT2D eigenvalue weighted by atomic mass is 9.97. The Morgan fingerprint density at radius 3 is 2.72 bits per heavy atom. The van der Waals surface area contributed by atoms with Gasteiger partial charge in [0.05, 0.1) is 0 Å². The molecule has 1 nitrogen and oxygen atoms in total. The first kappa shape index (κ1) is 12.2. The van der Waals surface area contributed by atoms with Crippen LogP contribution in [0.4, 0.5) is 0 Å². The van der Waals surface area contributed by atoms with Gasteiger partial charge in [-0.15, -0.1) is 0 Å². The second-order valence-corrected chi connectivity index (χ2v) is 6.18. The molecule has 1 aromatic carbocycles. The molecule has 2 aliphatic carbocycles. The highest BCUT2D eigenvalue weighted by Gasteiger charge is 2.27. The summed E-state index contributed by atoms with van der Waals surface area (Å²) in [6.45, 7) is 2.41. The summed E-state index contributed by atoms with van der Waals surface area (Å²) in [5, 5.41) is 3.96. The van der Waals surface area contributed by atoms with Crippen LogP contribution in [0.2, 0.25) is 0 Å². The predicted molar refractivity (Wildman–Crippen MR) is 76.7 cm³/mol. The van der Waals surface area contributed by atoms with Crippen LogP contribution >= 0.6 is 0 Å². The summed E-state index contributed by atoms with van der Waals surface area (Å²) in [4.78, 5) is 0. The number of aryl methyl sites for hydroxylation is 1. The Morgan fingerprint density at radius 1 is 1.00 bits per heavy atom. The quantitative estimate of drug-likeness (QED) is 0.766. The third-order valence-corrected chi connectivity index (χ3v) is 4.90. The summed E-state index contributed by atoms with van der Waals surface area (Å²) in [5.41, 5.74) is 3.16. The second kappa shape index (κ2) is 5.44. The molecule has 3 atom stereocenters. The molecular weight excluding hydrogens is 218 g/mol. The maximum atomic E-state index is 3.96. The van der Waals surface area contributed by atoms with Crippen LogP contribution < -0.4 is 5.32 Å². The van der Waals surface area contributed by atoms with Crippen LogP contribution in [-0.4, -0.2) is 6.04 Å². The van der Waals surface area contributed by atoms with Gasteiger partial charge >= 0.3 is 0 Å². The molecule has 0 radical (unpaired) electrons. The topological polar surface area (TPSA) is 12.0 Å². The summed E-state index contributed by atoms with van der Waals surface area (Å²) in [6, 6.07) is 10.4. The Bertz CT molecular complexity index is 398. The molecule has 0 saturated heterocycles. The Hall–Kier alpha value is -0.820. The van der Waals surface area contributed by atoms with Crippen molar-refractivity contribution >= 4 is 0 Å². The number of hydrogen-bond acceptors (Lipinski definition) is 1. The van der Waals surface area contributed by atoms with Gasteiger partial charge in [0.1, 0.15) is 0 Å². The molecule has 0 aromatic heterocycles. The highest BCUT2D eigenvalue weighted by molar-refractivity contribution is 5.31. The first-order chi connectivity index (χ1) is 8.84. The third-order valence-electron chi connectivity index (χ3n) is 4.90. The number of benzene rings is 1. The average Bonchev–Trinajstić information content (AvgIpc) is 2.68. The van der Waals surface area contributed by atoms with Crippen LogP contribution in [0.25, 0.3) is 0 Å². The van der Waals surface area contributed by atoms with Crippen molar-refractivity contribution in [1.29, 1.82) is 0 Å². The molecule has 3 rings (SSSR count). The van der Waals surface area contributed by atoms with E-state index in [9.17, 15) is 0 Å². The van der Waals surface area contributed by atoms with Crippen LogP contribution in [0.1, 0.15) is 62.6 Å². The fourth-order valence-corrected chi connectivity index (χ4v) is 3.75. The molecule has 0 amide bonds. The van der Waals surface area contributed by atoms with E-state index in [0.717, 1.165) is 12.0 Å². The van der Waals surface area contributed by atoms with E-state index >= 15 is 0 Å². The molecular formula is C17H25N. The van der Waals surface area contributed by atoms with Crippen molar-refractivity contribution < 1.29 is 0 Å². The highest BCUT2D eigenvalue weighted by Crippen LogP contribution is 2.32. The van der Waals surface area contributed by atoms with Crippen molar-refractivity contribution in [3.8, 4) is 0 Å². The molecule has 2 aliphatic rings. The zero-order chi connectivity index (χ0) is 12.4. The molecule has 98 valence electrons. The number of rotatable bonds is 2. The van der Waals surface area contributed by atoms with E-state index in [1.54, 1.807) is 11.1 Å². The van der Waals surface area contributed by atoms with Gasteiger partial charge in [0.25, 0.3) is 0 Å². The van der Waals surface area contributed by atoms with E-state index in [4.69, 9.17) is 0 Å². The van der Waals surface area contributed by atoms with Crippen LogP contribution in [0, 0.1) is 5.92 Å². The van der Waals surface area contributed by atoms with Gasteiger partial charge in [-0.1, -0.05) is 44.0 Å². The van der Waals surface area contributed by atoms with Crippen molar-refractivity contribution in [1.82, 2.24) is 5.32 Å². The first-order valence-corrected chi connectivity index (χ1v) is 7.68. The largest absolute Gasteiger partial charge is 0.307 e. The minimum Gasteiger partial charge on any atom is -0.307 e. The van der Waals surface area contributed by atoms with Gasteiger partial charge in [0, 0.05) is 12.1 Å². The standard InChI is InChI=1S/C17H25N/c1-13-7-6-12-16(13)18-17-11-5-3-9-14-8-2-4-10-15(14)17/h2,4,8,10,13,16-18H,3,5-7,9,11-12H2,1H3. The zero-order valence-corrected chi connectivity index (χ0v) is 11.5. The highest BCUT2D eigenvalue weighted by atomic mass is 15.0. The van der Waals surface area contributed by atoms with Crippen molar-refractivity contribution in [2.75, 3.05) is 0 Å². The zero-order valence-electron chi connectivity index (χ0n) is 11.5. The van der Waals surface area contributed by atoms with Gasteiger partial charge in [-0.05, 0) is 49.1 Å². The Balaban J connectivity index is 1.79. The third kappa shape index (κ3) is 2.47. The average molecular weight is 243 g/mol. The van der Waals surface area contributed by atoms with Crippen molar-refractivity contribution in [3.63, 3.8) is 0 Å². The van der Waals surface area contributed by atoms with Crippen molar-refractivity contribution in [2.45, 2.75) is 64.0 Å². The van der Waals surface area contributed by atoms with E-state index in [0.29, 0.717) is 6.04 Å². The Morgan fingerprint density at radius 2 is 1.89 bits per heavy atom. The van der Waals surface area contributed by atoms with E-state index < -0.39 is 0 Å². The molecule has 0 aliphatic heterocycles. The molecule has 0 spiro atoms. The van der Waals surface area contributed by atoms with E-state index in [-0.39, 0.29) is 0 Å². The molecule has 0 heterocycles. The minimum absolute atomic E-state index is 0.606. The fraction of sp³-hybridized carbons (Fsp3) is 0.647. The molecule has 0 bridgehead atoms. The van der Waals surface area contributed by atoms with Gasteiger partial charge in [-0.2, -0.15) is 0 Å². The number of nitrogens with one attached hydrogen (secondary N) is 1. The maximum absolute atomic E-state index is 3.96. The van der Waals surface area contributed by atoms with Crippen molar-refractivity contribution in [2.24, 2.45) is 5.92 Å². The van der Waals surface area contributed by atoms with E-state index in [1.165, 1.54) is 44.9 Å². The van der Waals surface area contributed by atoms with Crippen LogP contribution in [0.5, 0.6) is 0 Å². The Labute approximate surface area is 111 Å². The minimum atomic E-state index is 0.606. The van der Waals surface area contributed by atoms with E-state index in [1.807, 2.05) is 0 Å². The molecule has 1 aromatic rings. The lowest BCUT2D eigenvalue weighted by molar-refractivity contribution is 0.361. The van der Waals surface area contributed by atoms with Gasteiger partial charge in [0.15, 0.2) is 0 Å². The lowest BCUT2D eigenvalue weighted by Gasteiger charge is -2.26. The summed E-state index contributed by atoms with van der Waals surface area (Å²) >= 11 is 0. The van der Waals surface area contributed by atoms with Crippen LogP contribution in [-0.2, 0) is 6.42 Å². The summed E-state index contributed by atoms with van der Waals surface area (Å²) < 4.78 is 0. The van der Waals surface area contributed by atoms with Crippen LogP contribution in [0.15, 0.2) is 24.3 Å². The van der Waals surface area contributed by atoms with Gasteiger partial charge in [-0.25, -0.2) is 0 Å². The molecule has 18 heavy (non-hydrogen) atoms. The lowest BCUT2D eigenvalue weighted by Crippen LogP contribution is -2.34. The summed E-state index contributed by atoms with van der Waals surface area (Å²) in [7, 11) is 0.